The Bertz CT molecular complexity index is 327. The van der Waals surface area contributed by atoms with Crippen LogP contribution in [0.15, 0.2) is 10.5 Å². The topological polar surface area (TPSA) is 33.5 Å². The molecule has 3 heteroatoms. The third-order valence-corrected chi connectivity index (χ3v) is 2.22. The molecular formula is C9H11NO2. The van der Waals surface area contributed by atoms with Crippen LogP contribution >= 0.6 is 0 Å². The molecule has 0 saturated heterocycles. The van der Waals surface area contributed by atoms with Gasteiger partial charge in [-0.3, -0.25) is 4.79 Å². The summed E-state index contributed by atoms with van der Waals surface area (Å²) in [6.07, 6.45) is 0.916. The van der Waals surface area contributed by atoms with Gasteiger partial charge in [0.2, 0.25) is 0 Å². The van der Waals surface area contributed by atoms with Crippen molar-refractivity contribution in [1.82, 2.24) is 0 Å². The molecule has 0 bridgehead atoms. The zero-order valence-electron chi connectivity index (χ0n) is 7.26. The van der Waals surface area contributed by atoms with E-state index in [9.17, 15) is 4.79 Å². The molecule has 64 valence electrons. The van der Waals surface area contributed by atoms with E-state index in [2.05, 4.69) is 4.90 Å². The molecule has 1 aromatic rings. The van der Waals surface area contributed by atoms with E-state index in [0.717, 1.165) is 24.4 Å². The SMILES string of the molecule is CC(=O)c1cc2c(o1)CCN2C. The number of nitrogens with zero attached hydrogens (tertiary/aromatic N) is 1. The van der Waals surface area contributed by atoms with Crippen molar-refractivity contribution >= 4 is 11.5 Å². The van der Waals surface area contributed by atoms with Gasteiger partial charge in [0.1, 0.15) is 5.76 Å². The van der Waals surface area contributed by atoms with Crippen LogP contribution in [0.5, 0.6) is 0 Å². The van der Waals surface area contributed by atoms with Gasteiger partial charge < -0.3 is 9.32 Å². The summed E-state index contributed by atoms with van der Waals surface area (Å²) in [5.74, 6) is 1.42. The lowest BCUT2D eigenvalue weighted by molar-refractivity contribution is 0.0985. The van der Waals surface area contributed by atoms with Gasteiger partial charge in [0, 0.05) is 33.0 Å². The Morgan fingerprint density at radius 3 is 3.00 bits per heavy atom. The van der Waals surface area contributed by atoms with Crippen LogP contribution < -0.4 is 4.90 Å². The van der Waals surface area contributed by atoms with Crippen LogP contribution in [0.4, 0.5) is 5.69 Å². The van der Waals surface area contributed by atoms with Crippen LogP contribution in [0.25, 0.3) is 0 Å². The van der Waals surface area contributed by atoms with Crippen molar-refractivity contribution in [2.45, 2.75) is 13.3 Å². The fraction of sp³-hybridized carbons (Fsp3) is 0.444. The Morgan fingerprint density at radius 2 is 2.42 bits per heavy atom. The summed E-state index contributed by atoms with van der Waals surface area (Å²) in [6, 6.07) is 1.82. The number of fused-ring (bicyclic) bond motifs is 1. The van der Waals surface area contributed by atoms with Crippen LogP contribution in [0.1, 0.15) is 23.2 Å². The molecular weight excluding hydrogens is 154 g/mol. The fourth-order valence-electron chi connectivity index (χ4n) is 1.48. The first-order chi connectivity index (χ1) is 5.68. The number of likely N-dealkylation sites (N-methyl/N-ethyl adjacent to an activating group) is 1. The Kier molecular flexibility index (Phi) is 1.46. The van der Waals surface area contributed by atoms with Gasteiger partial charge in [-0.25, -0.2) is 0 Å². The van der Waals surface area contributed by atoms with Crippen LogP contribution in [0, 0.1) is 0 Å². The van der Waals surface area contributed by atoms with Crippen molar-refractivity contribution in [2.75, 3.05) is 18.5 Å². The van der Waals surface area contributed by atoms with Gasteiger partial charge in [0.15, 0.2) is 11.5 Å². The molecule has 0 amide bonds. The standard InChI is InChI=1S/C9H11NO2/c1-6(11)9-5-7-8(12-9)3-4-10(7)2/h5H,3-4H2,1-2H3. The summed E-state index contributed by atoms with van der Waals surface area (Å²) in [5.41, 5.74) is 1.07. The molecule has 1 aromatic heterocycles. The van der Waals surface area contributed by atoms with Crippen LogP contribution in [0.2, 0.25) is 0 Å². The van der Waals surface area contributed by atoms with Gasteiger partial charge in [0.05, 0.1) is 5.69 Å². The van der Waals surface area contributed by atoms with Gasteiger partial charge in [-0.05, 0) is 0 Å². The predicted octanol–water partition coefficient (Wildman–Crippen LogP) is 1.47. The lowest BCUT2D eigenvalue weighted by Gasteiger charge is -2.07. The number of anilines is 1. The molecule has 2 heterocycles. The molecule has 0 aliphatic carbocycles. The molecule has 3 nitrogen and oxygen atoms in total. The first-order valence-electron chi connectivity index (χ1n) is 4.03. The summed E-state index contributed by atoms with van der Waals surface area (Å²) in [4.78, 5) is 13.0. The van der Waals surface area contributed by atoms with Gasteiger partial charge in [0.25, 0.3) is 0 Å². The van der Waals surface area contributed by atoms with Crippen LogP contribution in [-0.2, 0) is 6.42 Å². The minimum Gasteiger partial charge on any atom is -0.456 e. The number of hydrogen-bond donors (Lipinski definition) is 0. The Morgan fingerprint density at radius 1 is 1.67 bits per heavy atom. The molecule has 0 aromatic carbocycles. The summed E-state index contributed by atoms with van der Waals surface area (Å²) in [5, 5.41) is 0. The van der Waals surface area contributed by atoms with Crippen molar-refractivity contribution in [3.63, 3.8) is 0 Å². The van der Waals surface area contributed by atoms with Gasteiger partial charge >= 0.3 is 0 Å². The van der Waals surface area contributed by atoms with Gasteiger partial charge in [-0.1, -0.05) is 0 Å². The van der Waals surface area contributed by atoms with E-state index < -0.39 is 0 Å². The molecule has 0 N–H and O–H groups in total. The summed E-state index contributed by atoms with van der Waals surface area (Å²) < 4.78 is 5.37. The highest BCUT2D eigenvalue weighted by atomic mass is 16.4. The Hall–Kier alpha value is -1.25. The molecule has 0 atom stereocenters. The van der Waals surface area contributed by atoms with E-state index in [1.165, 1.54) is 6.92 Å². The molecule has 0 unspecified atom stereocenters. The molecule has 0 saturated carbocycles. The molecule has 0 spiro atoms. The maximum Gasteiger partial charge on any atom is 0.195 e. The molecule has 1 aliphatic rings. The largest absolute Gasteiger partial charge is 0.456 e. The number of furan rings is 1. The highest BCUT2D eigenvalue weighted by Crippen LogP contribution is 2.30. The summed E-state index contributed by atoms with van der Waals surface area (Å²) >= 11 is 0. The molecule has 12 heavy (non-hydrogen) atoms. The third-order valence-electron chi connectivity index (χ3n) is 2.22. The number of ketones is 1. The van der Waals surface area contributed by atoms with E-state index >= 15 is 0 Å². The average Bonchev–Trinajstić information content (AvgIpc) is 2.53. The van der Waals surface area contributed by atoms with E-state index in [0.29, 0.717) is 5.76 Å². The predicted molar refractivity (Wildman–Crippen MR) is 45.7 cm³/mol. The highest BCUT2D eigenvalue weighted by molar-refractivity contribution is 5.92. The fourth-order valence-corrected chi connectivity index (χ4v) is 1.48. The molecule has 0 radical (unpaired) electrons. The lowest BCUT2D eigenvalue weighted by Crippen LogP contribution is -2.12. The van der Waals surface area contributed by atoms with E-state index in [1.54, 1.807) is 0 Å². The maximum absolute atomic E-state index is 10.9. The summed E-state index contributed by atoms with van der Waals surface area (Å²) in [7, 11) is 2.01. The summed E-state index contributed by atoms with van der Waals surface area (Å²) in [6.45, 7) is 2.51. The van der Waals surface area contributed by atoms with Crippen molar-refractivity contribution < 1.29 is 9.21 Å². The monoisotopic (exact) mass is 165 g/mol. The average molecular weight is 165 g/mol. The zero-order chi connectivity index (χ0) is 8.72. The first kappa shape index (κ1) is 7.40. The van der Waals surface area contributed by atoms with Gasteiger partial charge in [-0.15, -0.1) is 0 Å². The van der Waals surface area contributed by atoms with E-state index in [-0.39, 0.29) is 5.78 Å². The van der Waals surface area contributed by atoms with Crippen molar-refractivity contribution in [1.29, 1.82) is 0 Å². The quantitative estimate of drug-likeness (QED) is 0.591. The lowest BCUT2D eigenvalue weighted by atomic mass is 10.3. The van der Waals surface area contributed by atoms with Crippen molar-refractivity contribution in [3.8, 4) is 0 Å². The second kappa shape index (κ2) is 2.37. The van der Waals surface area contributed by atoms with E-state index in [1.807, 2.05) is 13.1 Å². The van der Waals surface area contributed by atoms with Crippen LogP contribution in [-0.4, -0.2) is 19.4 Å². The minimum absolute atomic E-state index is 0.00204. The third kappa shape index (κ3) is 0.932. The normalized spacial score (nSPS) is 15.0. The smallest absolute Gasteiger partial charge is 0.195 e. The number of Topliss-reactive ketones (excluding diaryl/α,β-unsaturated/α-hetero) is 1. The molecule has 2 rings (SSSR count). The van der Waals surface area contributed by atoms with Gasteiger partial charge in [-0.2, -0.15) is 0 Å². The van der Waals surface area contributed by atoms with Crippen molar-refractivity contribution in [2.24, 2.45) is 0 Å². The first-order valence-corrected chi connectivity index (χ1v) is 4.03. The Balaban J connectivity index is 2.43. The Labute approximate surface area is 71.0 Å². The number of carbonyl (C=O) groups is 1. The van der Waals surface area contributed by atoms with Crippen molar-refractivity contribution in [3.05, 3.63) is 17.6 Å². The number of rotatable bonds is 1. The maximum atomic E-state index is 10.9. The second-order valence-corrected chi connectivity index (χ2v) is 3.15. The minimum atomic E-state index is -0.00204. The number of carbonyl (C=O) groups excluding carboxylic acids is 1. The molecule has 1 aliphatic heterocycles. The highest BCUT2D eigenvalue weighted by Gasteiger charge is 2.22. The van der Waals surface area contributed by atoms with E-state index in [4.69, 9.17) is 4.42 Å². The second-order valence-electron chi connectivity index (χ2n) is 3.15. The molecule has 0 fully saturated rings. The van der Waals surface area contributed by atoms with Crippen LogP contribution in [0.3, 0.4) is 0 Å². The number of hydrogen-bond acceptors (Lipinski definition) is 3. The zero-order valence-corrected chi connectivity index (χ0v) is 7.26.